The Morgan fingerprint density at radius 2 is 1.48 bits per heavy atom. The monoisotopic (exact) mass is 375 g/mol. The molecule has 0 saturated carbocycles. The number of aliphatic hydroxyl groups excluding tert-OH is 4. The van der Waals surface area contributed by atoms with Crippen molar-refractivity contribution in [3.8, 4) is 0 Å². The number of aliphatic hydroxyl groups is 5. The highest BCUT2D eigenvalue weighted by atomic mass is 32.2. The number of ether oxygens (including phenoxy) is 1. The van der Waals surface area contributed by atoms with Gasteiger partial charge in [-0.05, 0) is 20.8 Å². The molecular weight excluding hydrogens is 348 g/mol. The van der Waals surface area contributed by atoms with Crippen LogP contribution in [0.2, 0.25) is 13.1 Å². The van der Waals surface area contributed by atoms with Crippen LogP contribution in [0.4, 0.5) is 0 Å². The van der Waals surface area contributed by atoms with Crippen LogP contribution in [0.1, 0.15) is 20.8 Å². The van der Waals surface area contributed by atoms with Crippen molar-refractivity contribution in [1.82, 2.24) is 0 Å². The van der Waals surface area contributed by atoms with Crippen LogP contribution in [-0.4, -0.2) is 88.5 Å². The Morgan fingerprint density at radius 1 is 1.04 bits per heavy atom. The van der Waals surface area contributed by atoms with Crippen LogP contribution < -0.4 is 0 Å². The van der Waals surface area contributed by atoms with E-state index >= 15 is 0 Å². The van der Waals surface area contributed by atoms with Crippen molar-refractivity contribution in [2.24, 2.45) is 0 Å². The van der Waals surface area contributed by atoms with E-state index in [4.69, 9.17) is 9.29 Å². The second kappa shape index (κ2) is 7.85. The lowest BCUT2D eigenvalue weighted by molar-refractivity contribution is -0.151. The van der Waals surface area contributed by atoms with Gasteiger partial charge in [0.25, 0.3) is 10.1 Å². The Kier molecular flexibility index (Phi) is 7.81. The fourth-order valence-electron chi connectivity index (χ4n) is 1.79. The zero-order valence-electron chi connectivity index (χ0n) is 13.8. The minimum atomic E-state index is -5.14. The van der Waals surface area contributed by atoms with Crippen LogP contribution >= 0.6 is 0 Å². The second-order valence-corrected chi connectivity index (χ2v) is 11.3. The van der Waals surface area contributed by atoms with E-state index < -0.39 is 60.1 Å². The molecule has 1 radical (unpaired) electrons. The van der Waals surface area contributed by atoms with Gasteiger partial charge in [-0.25, -0.2) is 0 Å². The van der Waals surface area contributed by atoms with Gasteiger partial charge in [-0.2, -0.15) is 8.42 Å². The molecule has 0 bridgehead atoms. The van der Waals surface area contributed by atoms with E-state index in [0.29, 0.717) is 0 Å². The summed E-state index contributed by atoms with van der Waals surface area (Å²) in [5.74, 6) is 0. The molecular formula is C12H27O9SSi. The molecule has 9 nitrogen and oxygen atoms in total. The van der Waals surface area contributed by atoms with Crippen LogP contribution in [0.5, 0.6) is 0 Å². The van der Waals surface area contributed by atoms with Crippen LogP contribution in [0, 0.1) is 0 Å². The van der Waals surface area contributed by atoms with E-state index in [0.717, 1.165) is 0 Å². The largest absolute Gasteiger partial charge is 0.388 e. The quantitative estimate of drug-likeness (QED) is 0.210. The van der Waals surface area contributed by atoms with Gasteiger partial charge in [-0.3, -0.25) is 4.55 Å². The van der Waals surface area contributed by atoms with E-state index in [2.05, 4.69) is 0 Å². The van der Waals surface area contributed by atoms with Crippen molar-refractivity contribution < 1.29 is 43.2 Å². The molecule has 0 saturated heterocycles. The molecule has 1 unspecified atom stereocenters. The van der Waals surface area contributed by atoms with E-state index in [1.54, 1.807) is 20.8 Å². The van der Waals surface area contributed by atoms with Gasteiger partial charge >= 0.3 is 0 Å². The van der Waals surface area contributed by atoms with Gasteiger partial charge in [-0.1, -0.05) is 13.1 Å². The SMILES string of the molecule is C[Si](C)C(O)([C@H](O)[C@@H](O)[C@H](O)[C@H](O)COC(C)(C)C)S(=O)(=O)O. The van der Waals surface area contributed by atoms with Crippen LogP contribution in [-0.2, 0) is 14.9 Å². The average molecular weight is 375 g/mol. The molecule has 0 spiro atoms. The number of hydrogen-bond donors (Lipinski definition) is 6. The summed E-state index contributed by atoms with van der Waals surface area (Å²) in [5, 5.41) is 49.6. The van der Waals surface area contributed by atoms with Crippen LogP contribution in [0.3, 0.4) is 0 Å². The van der Waals surface area contributed by atoms with Crippen LogP contribution in [0.25, 0.3) is 0 Å². The Labute approximate surface area is 137 Å². The topological polar surface area (TPSA) is 165 Å². The minimum absolute atomic E-state index is 0.394. The lowest BCUT2D eigenvalue weighted by Crippen LogP contribution is -2.64. The molecule has 11 heteroatoms. The third-order valence-electron chi connectivity index (χ3n) is 3.27. The first kappa shape index (κ1) is 22.9. The smallest absolute Gasteiger partial charge is 0.293 e. The summed E-state index contributed by atoms with van der Waals surface area (Å²) >= 11 is 0. The molecule has 0 aliphatic carbocycles. The van der Waals surface area contributed by atoms with Crippen molar-refractivity contribution in [1.29, 1.82) is 0 Å². The summed E-state index contributed by atoms with van der Waals surface area (Å²) in [6.45, 7) is 7.26. The fraction of sp³-hybridized carbons (Fsp3) is 1.00. The first-order valence-electron chi connectivity index (χ1n) is 6.92. The average Bonchev–Trinajstić information content (AvgIpc) is 2.38. The van der Waals surface area contributed by atoms with Gasteiger partial charge in [0.2, 0.25) is 4.56 Å². The first-order chi connectivity index (χ1) is 10.1. The Bertz CT molecular complexity index is 475. The molecule has 6 N–H and O–H groups in total. The molecule has 23 heavy (non-hydrogen) atoms. The fourth-order valence-corrected chi connectivity index (χ4v) is 5.06. The maximum Gasteiger partial charge on any atom is 0.293 e. The van der Waals surface area contributed by atoms with E-state index in [9.17, 15) is 34.0 Å². The molecule has 0 rings (SSSR count). The molecule has 0 aliphatic heterocycles. The molecule has 0 aromatic carbocycles. The Morgan fingerprint density at radius 3 is 1.78 bits per heavy atom. The lowest BCUT2D eigenvalue weighted by atomic mass is 10.0. The summed E-state index contributed by atoms with van der Waals surface area (Å²) in [5.41, 5.74) is -0.636. The van der Waals surface area contributed by atoms with Crippen molar-refractivity contribution in [3.05, 3.63) is 0 Å². The van der Waals surface area contributed by atoms with Gasteiger partial charge in [-0.15, -0.1) is 0 Å². The zero-order valence-corrected chi connectivity index (χ0v) is 15.6. The molecule has 0 heterocycles. The molecule has 0 amide bonds. The zero-order chi connectivity index (χ0) is 18.8. The summed E-state index contributed by atoms with van der Waals surface area (Å²) in [6, 6.07) is 0. The highest BCUT2D eigenvalue weighted by Crippen LogP contribution is 2.26. The van der Waals surface area contributed by atoms with Gasteiger partial charge in [0.15, 0.2) is 0 Å². The van der Waals surface area contributed by atoms with E-state index in [-0.39, 0.29) is 0 Å². The molecule has 0 aromatic heterocycles. The molecule has 139 valence electrons. The maximum atomic E-state index is 11.4. The highest BCUT2D eigenvalue weighted by molar-refractivity contribution is 7.88. The molecule has 5 atom stereocenters. The molecule has 0 aromatic rings. The van der Waals surface area contributed by atoms with Gasteiger partial charge in [0.05, 0.1) is 12.2 Å². The molecule has 0 fully saturated rings. The third kappa shape index (κ3) is 5.72. The van der Waals surface area contributed by atoms with E-state index in [1.165, 1.54) is 13.1 Å². The van der Waals surface area contributed by atoms with Gasteiger partial charge in [0.1, 0.15) is 33.2 Å². The lowest BCUT2D eigenvalue weighted by Gasteiger charge is -2.37. The first-order valence-corrected chi connectivity index (χ1v) is 10.9. The summed E-state index contributed by atoms with van der Waals surface area (Å²) in [7, 11) is -7.42. The Hall–Kier alpha value is -0.113. The van der Waals surface area contributed by atoms with Crippen molar-refractivity contribution >= 4 is 18.9 Å². The van der Waals surface area contributed by atoms with E-state index in [1.807, 2.05) is 0 Å². The molecule has 0 aliphatic rings. The predicted octanol–water partition coefficient (Wildman–Crippen LogP) is -1.88. The maximum absolute atomic E-state index is 11.4. The minimum Gasteiger partial charge on any atom is -0.388 e. The van der Waals surface area contributed by atoms with Gasteiger partial charge in [0, 0.05) is 0 Å². The third-order valence-corrected chi connectivity index (χ3v) is 8.02. The van der Waals surface area contributed by atoms with Crippen molar-refractivity contribution in [2.45, 2.75) is 68.4 Å². The standard InChI is InChI=1S/C12H27O9SSi/c1-11(2,3)21-6-7(13)8(14)9(15)10(16)12(17,23(4)5)22(18,19)20/h7-10,13-17H,6H2,1-5H3,(H,18,19,20)/t7-,8-,9+,10-,12?/m1/s1. The van der Waals surface area contributed by atoms with Crippen molar-refractivity contribution in [2.75, 3.05) is 6.61 Å². The summed E-state index contributed by atoms with van der Waals surface area (Å²) in [6.07, 6.45) is -8.28. The second-order valence-electron chi connectivity index (χ2n) is 6.59. The van der Waals surface area contributed by atoms with Crippen LogP contribution in [0.15, 0.2) is 0 Å². The Balaban J connectivity index is 5.22. The summed E-state index contributed by atoms with van der Waals surface area (Å²) in [4.78, 5) is 0. The highest BCUT2D eigenvalue weighted by Gasteiger charge is 2.55. The number of rotatable bonds is 8. The summed E-state index contributed by atoms with van der Waals surface area (Å²) < 4.78 is 34.1. The number of hydrogen-bond acceptors (Lipinski definition) is 8. The van der Waals surface area contributed by atoms with Gasteiger partial charge < -0.3 is 30.3 Å². The predicted molar refractivity (Wildman–Crippen MR) is 83.7 cm³/mol. The normalized spacial score (nSPS) is 21.6. The van der Waals surface area contributed by atoms with Crippen molar-refractivity contribution in [3.63, 3.8) is 0 Å².